The molecule has 0 fully saturated rings. The van der Waals surface area contributed by atoms with Crippen molar-refractivity contribution in [2.45, 2.75) is 52.2 Å². The lowest BCUT2D eigenvalue weighted by atomic mass is 10.3. The molecule has 0 heterocycles. The highest BCUT2D eigenvalue weighted by Crippen LogP contribution is 2.04. The number of rotatable bonds is 10. The van der Waals surface area contributed by atoms with Crippen LogP contribution in [0.5, 0.6) is 0 Å². The third-order valence-electron chi connectivity index (χ3n) is 1.96. The van der Waals surface area contributed by atoms with E-state index in [0.29, 0.717) is 0 Å². The molecule has 0 saturated carbocycles. The van der Waals surface area contributed by atoms with Crippen LogP contribution in [0, 0.1) is 0 Å². The largest absolute Gasteiger partial charge is 0.352 e. The zero-order valence-electron chi connectivity index (χ0n) is 9.63. The van der Waals surface area contributed by atoms with Gasteiger partial charge in [-0.15, -0.1) is 6.58 Å². The van der Waals surface area contributed by atoms with Crippen molar-refractivity contribution in [3.63, 3.8) is 0 Å². The predicted octanol–water partition coefficient (Wildman–Crippen LogP) is 3.52. The van der Waals surface area contributed by atoms with Crippen LogP contribution in [0.3, 0.4) is 0 Å². The Bertz CT molecular complexity index is 113. The number of hydrogen-bond donors (Lipinski definition) is 0. The van der Waals surface area contributed by atoms with E-state index < -0.39 is 0 Å². The van der Waals surface area contributed by atoms with Crippen LogP contribution in [0.4, 0.5) is 0 Å². The summed E-state index contributed by atoms with van der Waals surface area (Å²) in [6, 6.07) is 0. The van der Waals surface area contributed by atoms with Crippen molar-refractivity contribution in [3.05, 3.63) is 12.7 Å². The predicted molar refractivity (Wildman–Crippen MR) is 60.3 cm³/mol. The van der Waals surface area contributed by atoms with Crippen molar-refractivity contribution in [3.8, 4) is 0 Å². The molecule has 0 aliphatic rings. The summed E-state index contributed by atoms with van der Waals surface area (Å²) in [5.74, 6) is 0. The maximum absolute atomic E-state index is 5.58. The Morgan fingerprint density at radius 2 is 1.57 bits per heavy atom. The van der Waals surface area contributed by atoms with Crippen molar-refractivity contribution in [2.75, 3.05) is 13.2 Å². The third-order valence-corrected chi connectivity index (χ3v) is 1.96. The maximum Gasteiger partial charge on any atom is 0.160 e. The third kappa shape index (κ3) is 8.27. The van der Waals surface area contributed by atoms with Crippen molar-refractivity contribution >= 4 is 0 Å². The molecule has 0 bridgehead atoms. The van der Waals surface area contributed by atoms with Crippen LogP contribution in [0.25, 0.3) is 0 Å². The fourth-order valence-electron chi connectivity index (χ4n) is 1.04. The minimum absolute atomic E-state index is 0.0781. The molecule has 2 heteroatoms. The van der Waals surface area contributed by atoms with Crippen LogP contribution >= 0.6 is 0 Å². The van der Waals surface area contributed by atoms with Gasteiger partial charge < -0.3 is 9.47 Å². The van der Waals surface area contributed by atoms with Gasteiger partial charge in [-0.2, -0.15) is 0 Å². The Morgan fingerprint density at radius 3 is 1.93 bits per heavy atom. The van der Waals surface area contributed by atoms with Crippen molar-refractivity contribution in [2.24, 2.45) is 0 Å². The molecule has 0 aromatic heterocycles. The van der Waals surface area contributed by atoms with Gasteiger partial charge in [0.1, 0.15) is 0 Å². The maximum atomic E-state index is 5.58. The molecule has 0 unspecified atom stereocenters. The van der Waals surface area contributed by atoms with E-state index in [9.17, 15) is 0 Å². The van der Waals surface area contributed by atoms with Gasteiger partial charge in [-0.3, -0.25) is 0 Å². The normalized spacial score (nSPS) is 10.8. The minimum Gasteiger partial charge on any atom is -0.352 e. The van der Waals surface area contributed by atoms with Crippen LogP contribution in [0.2, 0.25) is 0 Å². The Morgan fingerprint density at radius 1 is 1.07 bits per heavy atom. The molecule has 2 nitrogen and oxygen atoms in total. The van der Waals surface area contributed by atoms with Crippen LogP contribution in [-0.2, 0) is 9.47 Å². The van der Waals surface area contributed by atoms with Crippen molar-refractivity contribution in [1.29, 1.82) is 0 Å². The van der Waals surface area contributed by atoms with Crippen molar-refractivity contribution in [1.82, 2.24) is 0 Å². The lowest BCUT2D eigenvalue weighted by Crippen LogP contribution is -2.17. The quantitative estimate of drug-likeness (QED) is 0.305. The summed E-state index contributed by atoms with van der Waals surface area (Å²) in [5, 5.41) is 0. The monoisotopic (exact) mass is 200 g/mol. The smallest absolute Gasteiger partial charge is 0.160 e. The molecule has 0 aromatic carbocycles. The van der Waals surface area contributed by atoms with Gasteiger partial charge in [0.2, 0.25) is 0 Å². The van der Waals surface area contributed by atoms with Gasteiger partial charge in [-0.1, -0.05) is 32.8 Å². The summed E-state index contributed by atoms with van der Waals surface area (Å²) in [6.45, 7) is 9.60. The standard InChI is InChI=1S/C12H24O2/c1-4-7-10-13-12(9-6-3)14-11-8-5-2/h6,12H,3-5,7-11H2,1-2H3. The molecule has 0 spiro atoms. The van der Waals surface area contributed by atoms with Gasteiger partial charge in [-0.05, 0) is 12.8 Å². The van der Waals surface area contributed by atoms with Gasteiger partial charge in [0.25, 0.3) is 0 Å². The van der Waals surface area contributed by atoms with E-state index in [1.165, 1.54) is 0 Å². The van der Waals surface area contributed by atoms with Crippen LogP contribution < -0.4 is 0 Å². The summed E-state index contributed by atoms with van der Waals surface area (Å²) in [4.78, 5) is 0. The van der Waals surface area contributed by atoms with E-state index in [4.69, 9.17) is 9.47 Å². The van der Waals surface area contributed by atoms with Gasteiger partial charge in [-0.25, -0.2) is 0 Å². The van der Waals surface area contributed by atoms with Crippen LogP contribution in [0.1, 0.15) is 46.0 Å². The van der Waals surface area contributed by atoms with E-state index in [0.717, 1.165) is 45.3 Å². The first-order chi connectivity index (χ1) is 6.85. The highest BCUT2D eigenvalue weighted by atomic mass is 16.7. The molecule has 0 saturated heterocycles. The van der Waals surface area contributed by atoms with E-state index in [2.05, 4.69) is 20.4 Å². The average Bonchev–Trinajstić information content (AvgIpc) is 2.18. The SMILES string of the molecule is C=CCC(OCCCC)OCCCC. The summed E-state index contributed by atoms with van der Waals surface area (Å²) in [6.07, 6.45) is 7.09. The Balaban J connectivity index is 3.49. The molecule has 0 N–H and O–H groups in total. The molecule has 0 aliphatic carbocycles. The molecule has 0 aliphatic heterocycles. The topological polar surface area (TPSA) is 18.5 Å². The van der Waals surface area contributed by atoms with E-state index in [1.54, 1.807) is 0 Å². The molecule has 0 radical (unpaired) electrons. The van der Waals surface area contributed by atoms with Gasteiger partial charge in [0.05, 0.1) is 0 Å². The van der Waals surface area contributed by atoms with Gasteiger partial charge in [0.15, 0.2) is 6.29 Å². The minimum atomic E-state index is -0.0781. The number of ether oxygens (including phenoxy) is 2. The molecule has 14 heavy (non-hydrogen) atoms. The Hall–Kier alpha value is -0.340. The van der Waals surface area contributed by atoms with Gasteiger partial charge >= 0.3 is 0 Å². The van der Waals surface area contributed by atoms with E-state index in [-0.39, 0.29) is 6.29 Å². The number of hydrogen-bond acceptors (Lipinski definition) is 2. The highest BCUT2D eigenvalue weighted by Gasteiger charge is 2.05. The molecule has 0 rings (SSSR count). The van der Waals surface area contributed by atoms with E-state index in [1.807, 2.05) is 6.08 Å². The fourth-order valence-corrected chi connectivity index (χ4v) is 1.04. The summed E-state index contributed by atoms with van der Waals surface area (Å²) in [5.41, 5.74) is 0. The molecule has 84 valence electrons. The van der Waals surface area contributed by atoms with E-state index >= 15 is 0 Å². The lowest BCUT2D eigenvalue weighted by Gasteiger charge is -2.16. The second kappa shape index (κ2) is 10.7. The molecule has 0 amide bonds. The molecule has 0 atom stereocenters. The van der Waals surface area contributed by atoms with Crippen LogP contribution in [-0.4, -0.2) is 19.5 Å². The number of unbranched alkanes of at least 4 members (excludes halogenated alkanes) is 2. The Kier molecular flexibility index (Phi) is 10.5. The summed E-state index contributed by atoms with van der Waals surface area (Å²) >= 11 is 0. The molecule has 0 aromatic rings. The first kappa shape index (κ1) is 13.7. The second-order valence-corrected chi connectivity index (χ2v) is 3.40. The molecular formula is C12H24O2. The van der Waals surface area contributed by atoms with Crippen LogP contribution in [0.15, 0.2) is 12.7 Å². The van der Waals surface area contributed by atoms with Gasteiger partial charge in [0, 0.05) is 19.6 Å². The zero-order valence-corrected chi connectivity index (χ0v) is 9.63. The Labute approximate surface area is 88.3 Å². The first-order valence-corrected chi connectivity index (χ1v) is 5.69. The first-order valence-electron chi connectivity index (χ1n) is 5.69. The summed E-state index contributed by atoms with van der Waals surface area (Å²) in [7, 11) is 0. The average molecular weight is 200 g/mol. The highest BCUT2D eigenvalue weighted by molar-refractivity contribution is 4.68. The zero-order chi connectivity index (χ0) is 10.6. The lowest BCUT2D eigenvalue weighted by molar-refractivity contribution is -0.140. The second-order valence-electron chi connectivity index (χ2n) is 3.40. The van der Waals surface area contributed by atoms with Crippen molar-refractivity contribution < 1.29 is 9.47 Å². The fraction of sp³-hybridized carbons (Fsp3) is 0.833. The molecular weight excluding hydrogens is 176 g/mol. The summed E-state index contributed by atoms with van der Waals surface area (Å²) < 4.78 is 11.2.